The molecule has 5 heteroatoms. The summed E-state index contributed by atoms with van der Waals surface area (Å²) in [6, 6.07) is 4.43. The van der Waals surface area contributed by atoms with Crippen LogP contribution in [-0.4, -0.2) is 10.1 Å². The fraction of sp³-hybridized carbons (Fsp3) is 0.182. The topological polar surface area (TPSA) is 33.1 Å². The van der Waals surface area contributed by atoms with Gasteiger partial charge in [0.2, 0.25) is 0 Å². The van der Waals surface area contributed by atoms with Crippen LogP contribution < -0.4 is 0 Å². The standard InChI is InChI=1S/C11H9ClFNOS/c12-11-8(2-1-3-9(11)13)10(15)4-7-5-14-6-16-7/h1-3,5-6,10,15H,4H2. The zero-order chi connectivity index (χ0) is 11.5. The van der Waals surface area contributed by atoms with Crippen molar-refractivity contribution in [1.29, 1.82) is 0 Å². The number of aliphatic hydroxyl groups excluding tert-OH is 1. The summed E-state index contributed by atoms with van der Waals surface area (Å²) < 4.78 is 13.2. The number of nitrogens with zero attached hydrogens (tertiary/aromatic N) is 1. The van der Waals surface area contributed by atoms with Crippen LogP contribution in [0.25, 0.3) is 0 Å². The molecule has 2 aromatic rings. The Bertz CT molecular complexity index is 475. The number of hydrogen-bond donors (Lipinski definition) is 1. The first kappa shape index (κ1) is 11.5. The van der Waals surface area contributed by atoms with Gasteiger partial charge in [0.25, 0.3) is 0 Å². The first-order valence-electron chi connectivity index (χ1n) is 4.68. The normalized spacial score (nSPS) is 12.7. The van der Waals surface area contributed by atoms with E-state index in [0.29, 0.717) is 12.0 Å². The molecule has 1 unspecified atom stereocenters. The van der Waals surface area contributed by atoms with Crippen LogP contribution in [0.3, 0.4) is 0 Å². The van der Waals surface area contributed by atoms with E-state index in [1.54, 1.807) is 17.8 Å². The maximum Gasteiger partial charge on any atom is 0.142 e. The van der Waals surface area contributed by atoms with Crippen LogP contribution >= 0.6 is 22.9 Å². The highest BCUT2D eigenvalue weighted by molar-refractivity contribution is 7.09. The Kier molecular flexibility index (Phi) is 3.53. The van der Waals surface area contributed by atoms with E-state index in [0.717, 1.165) is 4.88 Å². The van der Waals surface area contributed by atoms with Gasteiger partial charge in [0.05, 0.1) is 16.6 Å². The number of halogens is 2. The van der Waals surface area contributed by atoms with Crippen molar-refractivity contribution in [2.24, 2.45) is 0 Å². The van der Waals surface area contributed by atoms with Gasteiger partial charge in [0.1, 0.15) is 5.82 Å². The lowest BCUT2D eigenvalue weighted by Crippen LogP contribution is -2.02. The van der Waals surface area contributed by atoms with Crippen LogP contribution in [0.15, 0.2) is 29.9 Å². The molecule has 0 radical (unpaired) electrons. The molecule has 0 fully saturated rings. The number of aliphatic hydroxyl groups is 1. The average Bonchev–Trinajstić information content (AvgIpc) is 2.74. The molecule has 0 aliphatic rings. The largest absolute Gasteiger partial charge is 0.388 e. The molecule has 2 nitrogen and oxygen atoms in total. The van der Waals surface area contributed by atoms with Crippen molar-refractivity contribution in [3.8, 4) is 0 Å². The van der Waals surface area contributed by atoms with Gasteiger partial charge in [-0.25, -0.2) is 4.39 Å². The summed E-state index contributed by atoms with van der Waals surface area (Å²) in [5.41, 5.74) is 2.10. The Morgan fingerprint density at radius 1 is 1.50 bits per heavy atom. The van der Waals surface area contributed by atoms with Gasteiger partial charge in [-0.3, -0.25) is 4.98 Å². The predicted molar refractivity (Wildman–Crippen MR) is 62.2 cm³/mol. The fourth-order valence-electron chi connectivity index (χ4n) is 1.42. The summed E-state index contributed by atoms with van der Waals surface area (Å²) in [5.74, 6) is -0.512. The third kappa shape index (κ3) is 2.40. The minimum absolute atomic E-state index is 0.0143. The summed E-state index contributed by atoms with van der Waals surface area (Å²) >= 11 is 7.23. The Hall–Kier alpha value is -0.970. The monoisotopic (exact) mass is 257 g/mol. The number of aromatic nitrogens is 1. The molecule has 1 aromatic heterocycles. The zero-order valence-corrected chi connectivity index (χ0v) is 9.80. The van der Waals surface area contributed by atoms with Crippen LogP contribution in [0.4, 0.5) is 4.39 Å². The van der Waals surface area contributed by atoms with Crippen LogP contribution in [0.2, 0.25) is 5.02 Å². The van der Waals surface area contributed by atoms with Crippen LogP contribution in [-0.2, 0) is 6.42 Å². The molecule has 1 heterocycles. The third-order valence-corrected chi connectivity index (χ3v) is 3.42. The summed E-state index contributed by atoms with van der Waals surface area (Å²) in [6.45, 7) is 0. The molecule has 2 rings (SSSR count). The van der Waals surface area contributed by atoms with Crippen molar-refractivity contribution in [2.45, 2.75) is 12.5 Å². The Labute approximate surface area is 101 Å². The van der Waals surface area contributed by atoms with Gasteiger partial charge >= 0.3 is 0 Å². The first-order valence-corrected chi connectivity index (χ1v) is 5.93. The van der Waals surface area contributed by atoms with Crippen molar-refractivity contribution < 1.29 is 9.50 Å². The maximum absolute atomic E-state index is 13.2. The highest BCUT2D eigenvalue weighted by Gasteiger charge is 2.15. The molecule has 0 aliphatic carbocycles. The third-order valence-electron chi connectivity index (χ3n) is 2.22. The molecule has 0 bridgehead atoms. The minimum Gasteiger partial charge on any atom is -0.388 e. The van der Waals surface area contributed by atoms with Crippen LogP contribution in [0.1, 0.15) is 16.5 Å². The predicted octanol–water partition coefficient (Wildman–Crippen LogP) is 3.21. The van der Waals surface area contributed by atoms with E-state index in [1.165, 1.54) is 23.5 Å². The van der Waals surface area contributed by atoms with Gasteiger partial charge in [0, 0.05) is 23.1 Å². The molecule has 0 aliphatic heterocycles. The average molecular weight is 258 g/mol. The highest BCUT2D eigenvalue weighted by Crippen LogP contribution is 2.28. The molecule has 1 N–H and O–H groups in total. The Morgan fingerprint density at radius 3 is 3.00 bits per heavy atom. The summed E-state index contributed by atoms with van der Waals surface area (Å²) in [6.07, 6.45) is 1.28. The fourth-order valence-corrected chi connectivity index (χ4v) is 2.31. The Morgan fingerprint density at radius 2 is 2.31 bits per heavy atom. The van der Waals surface area contributed by atoms with Crippen molar-refractivity contribution in [3.05, 3.63) is 51.2 Å². The van der Waals surface area contributed by atoms with E-state index in [9.17, 15) is 9.50 Å². The summed E-state index contributed by atoms with van der Waals surface area (Å²) in [4.78, 5) is 4.85. The van der Waals surface area contributed by atoms with E-state index in [1.807, 2.05) is 0 Å². The molecule has 0 spiro atoms. The summed E-state index contributed by atoms with van der Waals surface area (Å²) in [7, 11) is 0. The molecule has 0 saturated heterocycles. The number of hydrogen-bond acceptors (Lipinski definition) is 3. The molecular formula is C11H9ClFNOS. The molecule has 0 amide bonds. The number of benzene rings is 1. The SMILES string of the molecule is OC(Cc1cncs1)c1cccc(F)c1Cl. The smallest absolute Gasteiger partial charge is 0.142 e. The second kappa shape index (κ2) is 4.91. The zero-order valence-electron chi connectivity index (χ0n) is 8.23. The second-order valence-electron chi connectivity index (χ2n) is 3.33. The lowest BCUT2D eigenvalue weighted by molar-refractivity contribution is 0.179. The first-order chi connectivity index (χ1) is 7.68. The molecule has 16 heavy (non-hydrogen) atoms. The molecule has 84 valence electrons. The minimum atomic E-state index is -0.802. The van der Waals surface area contributed by atoms with Crippen molar-refractivity contribution in [3.63, 3.8) is 0 Å². The highest BCUT2D eigenvalue weighted by atomic mass is 35.5. The van der Waals surface area contributed by atoms with E-state index >= 15 is 0 Å². The van der Waals surface area contributed by atoms with E-state index in [4.69, 9.17) is 11.6 Å². The van der Waals surface area contributed by atoms with E-state index in [-0.39, 0.29) is 5.02 Å². The van der Waals surface area contributed by atoms with Gasteiger partial charge in [-0.1, -0.05) is 23.7 Å². The summed E-state index contributed by atoms with van der Waals surface area (Å²) in [5, 5.41) is 9.91. The molecular weight excluding hydrogens is 249 g/mol. The van der Waals surface area contributed by atoms with Gasteiger partial charge in [-0.05, 0) is 6.07 Å². The maximum atomic E-state index is 13.2. The number of rotatable bonds is 3. The quantitative estimate of drug-likeness (QED) is 0.916. The second-order valence-corrected chi connectivity index (χ2v) is 4.68. The molecule has 1 aromatic carbocycles. The number of thiazole rings is 1. The van der Waals surface area contributed by atoms with Crippen LogP contribution in [0.5, 0.6) is 0 Å². The molecule has 1 atom stereocenters. The van der Waals surface area contributed by atoms with E-state index in [2.05, 4.69) is 4.98 Å². The van der Waals surface area contributed by atoms with Gasteiger partial charge in [0.15, 0.2) is 0 Å². The lowest BCUT2D eigenvalue weighted by atomic mass is 10.1. The van der Waals surface area contributed by atoms with Crippen molar-refractivity contribution in [2.75, 3.05) is 0 Å². The molecule has 0 saturated carbocycles. The van der Waals surface area contributed by atoms with Gasteiger partial charge < -0.3 is 5.11 Å². The Balaban J connectivity index is 2.21. The van der Waals surface area contributed by atoms with Gasteiger partial charge in [-0.2, -0.15) is 0 Å². The van der Waals surface area contributed by atoms with Crippen molar-refractivity contribution >= 4 is 22.9 Å². The van der Waals surface area contributed by atoms with E-state index < -0.39 is 11.9 Å². The van der Waals surface area contributed by atoms with Crippen LogP contribution in [0, 0.1) is 5.82 Å². The lowest BCUT2D eigenvalue weighted by Gasteiger charge is -2.11. The van der Waals surface area contributed by atoms with Crippen molar-refractivity contribution in [1.82, 2.24) is 4.98 Å². The van der Waals surface area contributed by atoms with Gasteiger partial charge in [-0.15, -0.1) is 11.3 Å².